The maximum absolute atomic E-state index is 12.0. The summed E-state index contributed by atoms with van der Waals surface area (Å²) in [6.07, 6.45) is 3.39. The maximum Gasteiger partial charge on any atom is 0.321 e. The number of carboxylic acids is 1. The van der Waals surface area contributed by atoms with E-state index in [9.17, 15) is 14.7 Å². The lowest BCUT2D eigenvalue weighted by atomic mass is 9.76. The molecule has 0 bridgehead atoms. The van der Waals surface area contributed by atoms with Gasteiger partial charge in [-0.25, -0.2) is 0 Å². The van der Waals surface area contributed by atoms with Crippen molar-refractivity contribution in [1.82, 2.24) is 10.2 Å². The predicted molar refractivity (Wildman–Crippen MR) is 73.8 cm³/mol. The molecule has 1 fully saturated rings. The zero-order valence-electron chi connectivity index (χ0n) is 12.0. The smallest absolute Gasteiger partial charge is 0.321 e. The molecule has 1 aliphatic rings. The minimum absolute atomic E-state index is 0.149. The molecule has 5 heteroatoms. The number of amides is 1. The van der Waals surface area contributed by atoms with Gasteiger partial charge in [-0.15, -0.1) is 6.58 Å². The van der Waals surface area contributed by atoms with Gasteiger partial charge in [0.05, 0.1) is 6.04 Å². The largest absolute Gasteiger partial charge is 0.480 e. The van der Waals surface area contributed by atoms with Gasteiger partial charge in [0.25, 0.3) is 0 Å². The number of carbonyl (C=O) groups is 2. The highest BCUT2D eigenvalue weighted by atomic mass is 16.4. The van der Waals surface area contributed by atoms with Crippen LogP contribution in [0.15, 0.2) is 12.7 Å². The van der Waals surface area contributed by atoms with E-state index < -0.39 is 18.1 Å². The van der Waals surface area contributed by atoms with E-state index in [0.29, 0.717) is 13.1 Å². The normalized spacial score (nSPS) is 24.5. The number of nitrogens with zero attached hydrogens (tertiary/aromatic N) is 1. The average Bonchev–Trinajstić information content (AvgIpc) is 2.32. The summed E-state index contributed by atoms with van der Waals surface area (Å²) in [4.78, 5) is 25.3. The molecule has 1 saturated heterocycles. The minimum Gasteiger partial charge on any atom is -0.480 e. The van der Waals surface area contributed by atoms with Crippen molar-refractivity contribution in [1.29, 1.82) is 0 Å². The van der Waals surface area contributed by atoms with Gasteiger partial charge in [-0.05, 0) is 31.7 Å². The first-order valence-corrected chi connectivity index (χ1v) is 6.68. The topological polar surface area (TPSA) is 69.6 Å². The number of carbonyl (C=O) groups excluding carboxylic acids is 1. The summed E-state index contributed by atoms with van der Waals surface area (Å²) < 4.78 is 0. The van der Waals surface area contributed by atoms with E-state index in [2.05, 4.69) is 11.9 Å². The Bertz CT molecular complexity index is 366. The Kier molecular flexibility index (Phi) is 5.11. The van der Waals surface area contributed by atoms with E-state index >= 15 is 0 Å². The van der Waals surface area contributed by atoms with E-state index in [1.165, 1.54) is 0 Å². The van der Waals surface area contributed by atoms with Crippen LogP contribution in [0.25, 0.3) is 0 Å². The maximum atomic E-state index is 12.0. The van der Waals surface area contributed by atoms with Crippen LogP contribution in [0.1, 0.15) is 33.6 Å². The van der Waals surface area contributed by atoms with Crippen molar-refractivity contribution in [2.75, 3.05) is 13.1 Å². The van der Waals surface area contributed by atoms with Gasteiger partial charge in [0, 0.05) is 6.54 Å². The zero-order valence-corrected chi connectivity index (χ0v) is 12.0. The molecular weight excluding hydrogens is 244 g/mol. The fourth-order valence-corrected chi connectivity index (χ4v) is 2.80. The van der Waals surface area contributed by atoms with E-state index in [1.807, 2.05) is 13.8 Å². The summed E-state index contributed by atoms with van der Waals surface area (Å²) in [5.74, 6) is -1.00. The van der Waals surface area contributed by atoms with Gasteiger partial charge in [-0.1, -0.05) is 19.9 Å². The number of likely N-dealkylation sites (tertiary alicyclic amines) is 1. The van der Waals surface area contributed by atoms with Crippen LogP contribution in [0, 0.1) is 5.41 Å². The van der Waals surface area contributed by atoms with Crippen molar-refractivity contribution < 1.29 is 14.7 Å². The summed E-state index contributed by atoms with van der Waals surface area (Å²) in [5, 5.41) is 12.2. The number of piperidine rings is 1. The molecule has 1 amide bonds. The molecule has 1 rings (SSSR count). The second kappa shape index (κ2) is 6.19. The van der Waals surface area contributed by atoms with Crippen molar-refractivity contribution in [3.63, 3.8) is 0 Å². The van der Waals surface area contributed by atoms with E-state index in [-0.39, 0.29) is 11.3 Å². The molecule has 0 spiro atoms. The number of carboxylic acid groups (broad SMARTS) is 1. The Morgan fingerprint density at radius 3 is 2.74 bits per heavy atom. The number of nitrogens with one attached hydrogen (secondary N) is 1. The van der Waals surface area contributed by atoms with Crippen molar-refractivity contribution in [3.8, 4) is 0 Å². The first-order valence-electron chi connectivity index (χ1n) is 6.68. The molecule has 19 heavy (non-hydrogen) atoms. The van der Waals surface area contributed by atoms with Crippen LogP contribution in [0.4, 0.5) is 0 Å². The fraction of sp³-hybridized carbons (Fsp3) is 0.714. The summed E-state index contributed by atoms with van der Waals surface area (Å²) in [5.41, 5.74) is -0.322. The second-order valence-corrected chi connectivity index (χ2v) is 5.78. The van der Waals surface area contributed by atoms with Gasteiger partial charge in [0.1, 0.15) is 6.04 Å². The predicted octanol–water partition coefficient (Wildman–Crippen LogP) is 1.25. The van der Waals surface area contributed by atoms with Gasteiger partial charge >= 0.3 is 5.97 Å². The molecule has 0 aromatic rings. The quantitative estimate of drug-likeness (QED) is 0.736. The van der Waals surface area contributed by atoms with E-state index in [1.54, 1.807) is 17.9 Å². The molecular formula is C14H24N2O3. The second-order valence-electron chi connectivity index (χ2n) is 5.78. The third-order valence-electron chi connectivity index (χ3n) is 3.84. The van der Waals surface area contributed by atoms with Crippen molar-refractivity contribution >= 4 is 11.9 Å². The number of rotatable bonds is 5. The Balaban J connectivity index is 2.86. The Labute approximate surface area is 114 Å². The Hall–Kier alpha value is -1.36. The monoisotopic (exact) mass is 268 g/mol. The molecule has 0 saturated carbocycles. The Morgan fingerprint density at radius 1 is 1.58 bits per heavy atom. The molecule has 1 aliphatic heterocycles. The SMILES string of the molecule is C=CCNC(=O)C(C)N1CCCC(C)(C)C1C(=O)O. The average molecular weight is 268 g/mol. The molecule has 2 unspecified atom stereocenters. The van der Waals surface area contributed by atoms with Crippen LogP contribution >= 0.6 is 0 Å². The van der Waals surface area contributed by atoms with Crippen LogP contribution in [0.5, 0.6) is 0 Å². The Morgan fingerprint density at radius 2 is 2.21 bits per heavy atom. The fourth-order valence-electron chi connectivity index (χ4n) is 2.80. The highest BCUT2D eigenvalue weighted by Crippen LogP contribution is 2.36. The molecule has 108 valence electrons. The van der Waals surface area contributed by atoms with Gasteiger partial charge in [0.2, 0.25) is 5.91 Å². The van der Waals surface area contributed by atoms with Crippen molar-refractivity contribution in [3.05, 3.63) is 12.7 Å². The highest BCUT2D eigenvalue weighted by Gasteiger charge is 2.45. The van der Waals surface area contributed by atoms with Gasteiger partial charge in [0.15, 0.2) is 0 Å². The third kappa shape index (κ3) is 3.56. The zero-order chi connectivity index (χ0) is 14.6. The van der Waals surface area contributed by atoms with Gasteiger partial charge < -0.3 is 10.4 Å². The molecule has 2 N–H and O–H groups in total. The van der Waals surface area contributed by atoms with Crippen LogP contribution in [-0.2, 0) is 9.59 Å². The van der Waals surface area contributed by atoms with Gasteiger partial charge in [-0.2, -0.15) is 0 Å². The lowest BCUT2D eigenvalue weighted by Gasteiger charge is -2.46. The molecule has 1 heterocycles. The van der Waals surface area contributed by atoms with Crippen LogP contribution in [0.3, 0.4) is 0 Å². The van der Waals surface area contributed by atoms with Crippen LogP contribution < -0.4 is 5.32 Å². The molecule has 5 nitrogen and oxygen atoms in total. The summed E-state index contributed by atoms with van der Waals surface area (Å²) in [7, 11) is 0. The molecule has 0 radical (unpaired) electrons. The highest BCUT2D eigenvalue weighted by molar-refractivity contribution is 5.83. The number of hydrogen-bond acceptors (Lipinski definition) is 3. The minimum atomic E-state index is -0.854. The molecule has 0 aromatic heterocycles. The summed E-state index contributed by atoms with van der Waals surface area (Å²) >= 11 is 0. The molecule has 2 atom stereocenters. The summed E-state index contributed by atoms with van der Waals surface area (Å²) in [6, 6.07) is -1.06. The van der Waals surface area contributed by atoms with Crippen molar-refractivity contribution in [2.24, 2.45) is 5.41 Å². The van der Waals surface area contributed by atoms with Crippen LogP contribution in [-0.4, -0.2) is 47.1 Å². The summed E-state index contributed by atoms with van der Waals surface area (Å²) in [6.45, 7) is 10.3. The van der Waals surface area contributed by atoms with Gasteiger partial charge in [-0.3, -0.25) is 14.5 Å². The molecule has 0 aliphatic carbocycles. The van der Waals surface area contributed by atoms with Crippen molar-refractivity contribution in [2.45, 2.75) is 45.7 Å². The first-order chi connectivity index (χ1) is 8.81. The lowest BCUT2D eigenvalue weighted by Crippen LogP contribution is -2.60. The van der Waals surface area contributed by atoms with E-state index in [4.69, 9.17) is 0 Å². The number of aliphatic carboxylic acids is 1. The third-order valence-corrected chi connectivity index (χ3v) is 3.84. The lowest BCUT2D eigenvalue weighted by molar-refractivity contribution is -0.154. The number of hydrogen-bond donors (Lipinski definition) is 2. The molecule has 0 aromatic carbocycles. The van der Waals surface area contributed by atoms with Crippen LogP contribution in [0.2, 0.25) is 0 Å². The first kappa shape index (κ1) is 15.7. The van der Waals surface area contributed by atoms with E-state index in [0.717, 1.165) is 12.8 Å². The standard InChI is InChI=1S/C14H24N2O3/c1-5-8-15-12(17)10(2)16-9-6-7-14(3,4)11(16)13(18)19/h5,10-11H,1,6-9H2,2-4H3,(H,15,17)(H,18,19).